The number of carbonyl (C=O) groups excluding carboxylic acids is 1. The van der Waals surface area contributed by atoms with Gasteiger partial charge in [0.2, 0.25) is 0 Å². The number of urea groups is 1. The number of amides is 2. The van der Waals surface area contributed by atoms with Gasteiger partial charge in [0, 0.05) is 56.1 Å². The van der Waals surface area contributed by atoms with Crippen LogP contribution in [-0.4, -0.2) is 56.4 Å². The molecular formula is C38H46N6O3. The zero-order chi connectivity index (χ0) is 33.2. The molecule has 3 aromatic carbocycles. The highest BCUT2D eigenvalue weighted by atomic mass is 16.5. The number of rotatable bonds is 9. The maximum Gasteiger partial charge on any atom is 0.335 e. The van der Waals surface area contributed by atoms with Gasteiger partial charge in [0.25, 0.3) is 0 Å². The molecule has 0 aliphatic carbocycles. The van der Waals surface area contributed by atoms with Crippen molar-refractivity contribution >= 4 is 28.9 Å². The lowest BCUT2D eigenvalue weighted by atomic mass is 9.93. The standard InChI is InChI=1S/C38H46N6O3/c1-24(2)17-28-19-33(42-15-13-39-14-16-42)27(5)18-29(28)20-35-40-22-30-23-43(36-25(3)9-8-10-26(36)4)38(45)44(37(30)41-35)32-12-11-31(46-6)21-34(32)47-7/h8-12,18-19,21-22,24,39H,13-17,20,23H2,1-7H3. The SMILES string of the molecule is COc1ccc(N2C(=O)N(c3c(C)cccc3C)Cc3cnc(Cc4cc(C)c(N5CCNCC5)cc4CC(C)C)nc32)c(OC)c1. The van der Waals surface area contributed by atoms with Crippen molar-refractivity contribution in [1.82, 2.24) is 15.3 Å². The lowest BCUT2D eigenvalue weighted by Gasteiger charge is -2.37. The van der Waals surface area contributed by atoms with Crippen LogP contribution in [0, 0.1) is 26.7 Å². The van der Waals surface area contributed by atoms with E-state index in [1.54, 1.807) is 25.2 Å². The molecule has 0 saturated carbocycles. The van der Waals surface area contributed by atoms with Crippen LogP contribution in [0.3, 0.4) is 0 Å². The summed E-state index contributed by atoms with van der Waals surface area (Å²) in [6.45, 7) is 15.2. The van der Waals surface area contributed by atoms with E-state index >= 15 is 0 Å². The fourth-order valence-electron chi connectivity index (χ4n) is 6.88. The Balaban J connectivity index is 1.44. The van der Waals surface area contributed by atoms with Gasteiger partial charge in [0.1, 0.15) is 23.1 Å². The molecule has 246 valence electrons. The topological polar surface area (TPSA) is 83.1 Å². The largest absolute Gasteiger partial charge is 0.497 e. The molecule has 1 saturated heterocycles. The molecule has 6 rings (SSSR count). The van der Waals surface area contributed by atoms with Crippen LogP contribution in [-0.2, 0) is 19.4 Å². The molecule has 47 heavy (non-hydrogen) atoms. The molecule has 9 heteroatoms. The van der Waals surface area contributed by atoms with Crippen molar-refractivity contribution in [2.45, 2.75) is 54.0 Å². The number of methoxy groups -OCH3 is 2. The number of ether oxygens (including phenoxy) is 2. The summed E-state index contributed by atoms with van der Waals surface area (Å²) < 4.78 is 11.3. The third-order valence-electron chi connectivity index (χ3n) is 9.14. The maximum absolute atomic E-state index is 14.6. The van der Waals surface area contributed by atoms with Crippen LogP contribution in [0.15, 0.2) is 54.7 Å². The van der Waals surface area contributed by atoms with E-state index in [1.807, 2.05) is 55.3 Å². The Kier molecular flexibility index (Phi) is 9.36. The molecule has 1 aromatic heterocycles. The van der Waals surface area contributed by atoms with Crippen LogP contribution in [0.5, 0.6) is 11.5 Å². The normalized spacial score (nSPS) is 14.9. The fraction of sp³-hybridized carbons (Fsp3) is 0.395. The number of aryl methyl sites for hydroxylation is 3. The predicted molar refractivity (Wildman–Crippen MR) is 189 cm³/mol. The van der Waals surface area contributed by atoms with Crippen molar-refractivity contribution in [2.75, 3.05) is 55.1 Å². The Morgan fingerprint density at radius 2 is 1.64 bits per heavy atom. The minimum atomic E-state index is -0.195. The number of piperazine rings is 1. The summed E-state index contributed by atoms with van der Waals surface area (Å²) >= 11 is 0. The van der Waals surface area contributed by atoms with Gasteiger partial charge in [0.05, 0.1) is 32.1 Å². The Labute approximate surface area is 278 Å². The van der Waals surface area contributed by atoms with Gasteiger partial charge in [-0.25, -0.2) is 19.7 Å². The second-order valence-corrected chi connectivity index (χ2v) is 13.0. The molecule has 0 spiro atoms. The molecule has 1 N–H and O–H groups in total. The molecule has 0 bridgehead atoms. The summed E-state index contributed by atoms with van der Waals surface area (Å²) in [6, 6.07) is 16.1. The number of aromatic nitrogens is 2. The smallest absolute Gasteiger partial charge is 0.335 e. The Bertz CT molecular complexity index is 1760. The summed E-state index contributed by atoms with van der Waals surface area (Å²) in [6.07, 6.45) is 3.43. The first-order valence-electron chi connectivity index (χ1n) is 16.5. The van der Waals surface area contributed by atoms with Crippen molar-refractivity contribution < 1.29 is 14.3 Å². The van der Waals surface area contributed by atoms with E-state index in [9.17, 15) is 4.79 Å². The number of nitrogens with zero attached hydrogens (tertiary/aromatic N) is 5. The predicted octanol–water partition coefficient (Wildman–Crippen LogP) is 6.90. The minimum absolute atomic E-state index is 0.195. The number of fused-ring (bicyclic) bond motifs is 1. The number of hydrogen-bond acceptors (Lipinski definition) is 7. The van der Waals surface area contributed by atoms with Crippen molar-refractivity contribution in [3.63, 3.8) is 0 Å². The van der Waals surface area contributed by atoms with Crippen LogP contribution < -0.4 is 29.5 Å². The number of carbonyl (C=O) groups is 1. The summed E-state index contributed by atoms with van der Waals surface area (Å²) in [5.41, 5.74) is 9.52. The van der Waals surface area contributed by atoms with Gasteiger partial charge in [-0.3, -0.25) is 4.90 Å². The second kappa shape index (κ2) is 13.6. The van der Waals surface area contributed by atoms with Crippen molar-refractivity contribution in [1.29, 1.82) is 0 Å². The zero-order valence-corrected chi connectivity index (χ0v) is 28.7. The van der Waals surface area contributed by atoms with E-state index in [1.165, 1.54) is 22.4 Å². The first-order valence-corrected chi connectivity index (χ1v) is 16.5. The number of hydrogen-bond donors (Lipinski definition) is 1. The van der Waals surface area contributed by atoms with Gasteiger partial charge in [-0.15, -0.1) is 0 Å². The van der Waals surface area contributed by atoms with Gasteiger partial charge >= 0.3 is 6.03 Å². The highest BCUT2D eigenvalue weighted by molar-refractivity contribution is 6.11. The third kappa shape index (κ3) is 6.49. The molecule has 0 unspecified atom stereocenters. The third-order valence-corrected chi connectivity index (χ3v) is 9.14. The quantitative estimate of drug-likeness (QED) is 0.215. The Morgan fingerprint density at radius 3 is 2.32 bits per heavy atom. The first-order chi connectivity index (χ1) is 22.7. The summed E-state index contributed by atoms with van der Waals surface area (Å²) in [7, 11) is 3.22. The molecule has 0 atom stereocenters. The van der Waals surface area contributed by atoms with E-state index in [0.29, 0.717) is 47.7 Å². The number of anilines is 4. The minimum Gasteiger partial charge on any atom is -0.497 e. The molecule has 9 nitrogen and oxygen atoms in total. The van der Waals surface area contributed by atoms with Gasteiger partial charge in [0.15, 0.2) is 0 Å². The lowest BCUT2D eigenvalue weighted by Crippen LogP contribution is -2.46. The van der Waals surface area contributed by atoms with Crippen molar-refractivity contribution in [2.24, 2.45) is 5.92 Å². The molecular weight excluding hydrogens is 588 g/mol. The maximum atomic E-state index is 14.6. The summed E-state index contributed by atoms with van der Waals surface area (Å²) in [5.74, 6) is 2.91. The monoisotopic (exact) mass is 634 g/mol. The van der Waals surface area contributed by atoms with Crippen molar-refractivity contribution in [3.05, 3.63) is 93.9 Å². The van der Waals surface area contributed by atoms with Gasteiger partial charge < -0.3 is 19.7 Å². The van der Waals surface area contributed by atoms with Gasteiger partial charge in [-0.2, -0.15) is 0 Å². The molecule has 2 aliphatic rings. The van der Waals surface area contributed by atoms with E-state index in [0.717, 1.165) is 55.0 Å². The molecule has 0 radical (unpaired) electrons. The molecule has 1 fully saturated rings. The summed E-state index contributed by atoms with van der Waals surface area (Å²) in [4.78, 5) is 30.6. The number of nitrogens with one attached hydrogen (secondary N) is 1. The molecule has 4 aromatic rings. The van der Waals surface area contributed by atoms with Crippen LogP contribution >= 0.6 is 0 Å². The van der Waals surface area contributed by atoms with E-state index in [-0.39, 0.29) is 6.03 Å². The average molecular weight is 635 g/mol. The van der Waals surface area contributed by atoms with Crippen LogP contribution in [0.2, 0.25) is 0 Å². The second-order valence-electron chi connectivity index (χ2n) is 13.0. The summed E-state index contributed by atoms with van der Waals surface area (Å²) in [5, 5.41) is 3.47. The fourth-order valence-corrected chi connectivity index (χ4v) is 6.88. The molecule has 3 heterocycles. The molecule has 2 aliphatic heterocycles. The lowest BCUT2D eigenvalue weighted by molar-refractivity contribution is 0.252. The van der Waals surface area contributed by atoms with Gasteiger partial charge in [-0.1, -0.05) is 38.1 Å². The van der Waals surface area contributed by atoms with Crippen LogP contribution in [0.4, 0.5) is 27.7 Å². The highest BCUT2D eigenvalue weighted by Gasteiger charge is 2.37. The average Bonchev–Trinajstić information content (AvgIpc) is 3.06. The van der Waals surface area contributed by atoms with Crippen LogP contribution in [0.25, 0.3) is 0 Å². The number of para-hydroxylation sites is 1. The van der Waals surface area contributed by atoms with E-state index < -0.39 is 0 Å². The van der Waals surface area contributed by atoms with E-state index in [2.05, 4.69) is 43.1 Å². The van der Waals surface area contributed by atoms with E-state index in [4.69, 9.17) is 19.4 Å². The first kappa shape index (κ1) is 32.3. The highest BCUT2D eigenvalue weighted by Crippen LogP contribution is 2.42. The zero-order valence-electron chi connectivity index (χ0n) is 28.7. The molecule has 2 amide bonds. The Morgan fingerprint density at radius 1 is 0.894 bits per heavy atom. The van der Waals surface area contributed by atoms with Gasteiger partial charge in [-0.05, 0) is 79.1 Å². The Hall–Kier alpha value is -4.63. The van der Waals surface area contributed by atoms with Crippen molar-refractivity contribution in [3.8, 4) is 11.5 Å². The van der Waals surface area contributed by atoms with Crippen LogP contribution in [0.1, 0.15) is 53.1 Å². The number of benzene rings is 3.